The summed E-state index contributed by atoms with van der Waals surface area (Å²) in [6.07, 6.45) is 0.973. The van der Waals surface area contributed by atoms with E-state index in [-0.39, 0.29) is 0 Å². The number of fused-ring (bicyclic) bond motifs is 3. The molecule has 1 aliphatic rings. The fourth-order valence-corrected chi connectivity index (χ4v) is 3.77. The van der Waals surface area contributed by atoms with Gasteiger partial charge in [0, 0.05) is 0 Å². The summed E-state index contributed by atoms with van der Waals surface area (Å²) >= 11 is 0. The summed E-state index contributed by atoms with van der Waals surface area (Å²) in [5.41, 5.74) is 10.3. The first-order chi connectivity index (χ1) is 12.4. The molecule has 0 nitrogen and oxygen atoms in total. The van der Waals surface area contributed by atoms with Crippen LogP contribution in [0.4, 0.5) is 0 Å². The molecule has 0 amide bonds. The Kier molecular flexibility index (Phi) is 3.28. The molecule has 0 fully saturated rings. The smallest absolute Gasteiger partial charge is 0.000705 e. The number of benzene rings is 4. The zero-order valence-corrected chi connectivity index (χ0v) is 13.9. The first-order valence-corrected chi connectivity index (χ1v) is 8.68. The summed E-state index contributed by atoms with van der Waals surface area (Å²) in [5.74, 6) is 0. The lowest BCUT2D eigenvalue weighted by molar-refractivity contribution is 1.26. The molecule has 25 heavy (non-hydrogen) atoms. The van der Waals surface area contributed by atoms with Crippen molar-refractivity contribution in [3.63, 3.8) is 0 Å². The van der Waals surface area contributed by atoms with Crippen LogP contribution in [0, 0.1) is 6.07 Å². The molecular formula is C25H17. The largest absolute Gasteiger partial charge is 0.0622 e. The molecule has 0 heteroatoms. The Balaban J connectivity index is 1.79. The zero-order valence-electron chi connectivity index (χ0n) is 13.9. The number of hydrogen-bond acceptors (Lipinski definition) is 0. The van der Waals surface area contributed by atoms with Gasteiger partial charge in [-0.25, -0.2) is 0 Å². The third kappa shape index (κ3) is 2.38. The van der Waals surface area contributed by atoms with Gasteiger partial charge in [0.1, 0.15) is 0 Å². The maximum Gasteiger partial charge on any atom is -0.000705 e. The van der Waals surface area contributed by atoms with Gasteiger partial charge in [-0.15, -0.1) is 0 Å². The summed E-state index contributed by atoms with van der Waals surface area (Å²) in [7, 11) is 0. The van der Waals surface area contributed by atoms with E-state index in [1.807, 2.05) is 0 Å². The third-order valence-electron chi connectivity index (χ3n) is 4.98. The molecule has 117 valence electrons. The lowest BCUT2D eigenvalue weighted by Gasteiger charge is -2.13. The van der Waals surface area contributed by atoms with Gasteiger partial charge in [0.05, 0.1) is 0 Å². The molecule has 0 atom stereocenters. The standard InChI is InChI=1S/C25H17/c1-3-9-18(10-4-1)23-16-21-15-20-13-7-8-14-22(20)25(21)17-24(23)19-11-5-2-6-12-19/h1-14,17H,15H2. The van der Waals surface area contributed by atoms with Crippen molar-refractivity contribution >= 4 is 0 Å². The first kappa shape index (κ1) is 14.2. The van der Waals surface area contributed by atoms with Crippen LogP contribution in [0.5, 0.6) is 0 Å². The summed E-state index contributed by atoms with van der Waals surface area (Å²) < 4.78 is 0. The monoisotopic (exact) mass is 317 g/mol. The summed E-state index contributed by atoms with van der Waals surface area (Å²) in [4.78, 5) is 0. The minimum absolute atomic E-state index is 0.973. The number of hydrogen-bond donors (Lipinski definition) is 0. The second-order valence-electron chi connectivity index (χ2n) is 6.52. The van der Waals surface area contributed by atoms with Gasteiger partial charge in [0.2, 0.25) is 0 Å². The fraction of sp³-hybridized carbons (Fsp3) is 0.0400. The molecule has 0 aromatic heterocycles. The maximum absolute atomic E-state index is 3.76. The lowest BCUT2D eigenvalue weighted by atomic mass is 9.90. The topological polar surface area (TPSA) is 0 Å². The van der Waals surface area contributed by atoms with Crippen molar-refractivity contribution in [2.75, 3.05) is 0 Å². The highest BCUT2D eigenvalue weighted by Crippen LogP contribution is 2.42. The Labute approximate surface area is 148 Å². The van der Waals surface area contributed by atoms with Crippen LogP contribution in [0.25, 0.3) is 33.4 Å². The maximum atomic E-state index is 3.76. The molecule has 0 saturated heterocycles. The minimum atomic E-state index is 0.973. The molecule has 0 aliphatic heterocycles. The van der Waals surface area contributed by atoms with Gasteiger partial charge in [-0.1, -0.05) is 84.9 Å². The molecular weight excluding hydrogens is 300 g/mol. The molecule has 0 spiro atoms. The quantitative estimate of drug-likeness (QED) is 0.354. The molecule has 1 aliphatic carbocycles. The van der Waals surface area contributed by atoms with Crippen molar-refractivity contribution in [1.82, 2.24) is 0 Å². The van der Waals surface area contributed by atoms with Crippen molar-refractivity contribution in [2.45, 2.75) is 6.42 Å². The van der Waals surface area contributed by atoms with Gasteiger partial charge < -0.3 is 0 Å². The van der Waals surface area contributed by atoms with E-state index in [9.17, 15) is 0 Å². The molecule has 0 unspecified atom stereocenters. The van der Waals surface area contributed by atoms with Crippen molar-refractivity contribution in [2.24, 2.45) is 0 Å². The van der Waals surface area contributed by atoms with Crippen LogP contribution in [0.3, 0.4) is 0 Å². The SMILES string of the molecule is [c]1c2c(cc(-c3ccccc3)c1-c1ccccc1)-c1ccccc1C2. The van der Waals surface area contributed by atoms with Gasteiger partial charge in [0.25, 0.3) is 0 Å². The van der Waals surface area contributed by atoms with E-state index in [1.165, 1.54) is 44.5 Å². The number of rotatable bonds is 2. The van der Waals surface area contributed by atoms with Crippen LogP contribution in [0.15, 0.2) is 91.0 Å². The molecule has 0 heterocycles. The summed E-state index contributed by atoms with van der Waals surface area (Å²) in [6.45, 7) is 0. The predicted octanol–water partition coefficient (Wildman–Crippen LogP) is 6.39. The fourth-order valence-electron chi connectivity index (χ4n) is 3.77. The van der Waals surface area contributed by atoms with Crippen LogP contribution >= 0.6 is 0 Å². The normalized spacial score (nSPS) is 11.8. The predicted molar refractivity (Wildman–Crippen MR) is 104 cm³/mol. The van der Waals surface area contributed by atoms with Gasteiger partial charge in [-0.3, -0.25) is 0 Å². The Bertz CT molecular complexity index is 1040. The molecule has 5 rings (SSSR count). The summed E-state index contributed by atoms with van der Waals surface area (Å²) in [5, 5.41) is 0. The van der Waals surface area contributed by atoms with Gasteiger partial charge in [-0.2, -0.15) is 0 Å². The highest BCUT2D eigenvalue weighted by atomic mass is 14.2. The molecule has 4 aromatic carbocycles. The molecule has 1 radical (unpaired) electrons. The first-order valence-electron chi connectivity index (χ1n) is 8.68. The summed E-state index contributed by atoms with van der Waals surface area (Å²) in [6, 6.07) is 36.1. The third-order valence-corrected chi connectivity index (χ3v) is 4.98. The van der Waals surface area contributed by atoms with E-state index >= 15 is 0 Å². The average molecular weight is 317 g/mol. The zero-order chi connectivity index (χ0) is 16.6. The Hall–Kier alpha value is -3.12. The van der Waals surface area contributed by atoms with E-state index in [2.05, 4.69) is 97.1 Å². The van der Waals surface area contributed by atoms with E-state index in [4.69, 9.17) is 0 Å². The Morgan fingerprint density at radius 1 is 0.560 bits per heavy atom. The van der Waals surface area contributed by atoms with Crippen LogP contribution in [-0.4, -0.2) is 0 Å². The Morgan fingerprint density at radius 3 is 1.96 bits per heavy atom. The van der Waals surface area contributed by atoms with Crippen molar-refractivity contribution in [3.8, 4) is 33.4 Å². The van der Waals surface area contributed by atoms with Gasteiger partial charge in [-0.05, 0) is 63.1 Å². The molecule has 0 saturated carbocycles. The van der Waals surface area contributed by atoms with E-state index in [1.54, 1.807) is 0 Å². The average Bonchev–Trinajstić information content (AvgIpc) is 3.06. The minimum Gasteiger partial charge on any atom is -0.0622 e. The molecule has 4 aromatic rings. The van der Waals surface area contributed by atoms with Crippen LogP contribution < -0.4 is 0 Å². The highest BCUT2D eigenvalue weighted by Gasteiger charge is 2.21. The van der Waals surface area contributed by atoms with E-state index in [0.29, 0.717) is 0 Å². The van der Waals surface area contributed by atoms with E-state index < -0.39 is 0 Å². The van der Waals surface area contributed by atoms with Gasteiger partial charge in [0.15, 0.2) is 0 Å². The van der Waals surface area contributed by atoms with Crippen LogP contribution in [0.1, 0.15) is 11.1 Å². The highest BCUT2D eigenvalue weighted by molar-refractivity contribution is 5.90. The lowest BCUT2D eigenvalue weighted by Crippen LogP contribution is -1.90. The second-order valence-corrected chi connectivity index (χ2v) is 6.52. The Morgan fingerprint density at radius 2 is 1.20 bits per heavy atom. The van der Waals surface area contributed by atoms with Crippen molar-refractivity contribution < 1.29 is 0 Å². The molecule has 0 N–H and O–H groups in total. The van der Waals surface area contributed by atoms with Crippen LogP contribution in [-0.2, 0) is 6.42 Å². The van der Waals surface area contributed by atoms with Gasteiger partial charge >= 0.3 is 0 Å². The second kappa shape index (κ2) is 5.75. The van der Waals surface area contributed by atoms with Crippen molar-refractivity contribution in [1.29, 1.82) is 0 Å². The molecule has 0 bridgehead atoms. The van der Waals surface area contributed by atoms with Crippen molar-refractivity contribution in [3.05, 3.63) is 108 Å². The van der Waals surface area contributed by atoms with E-state index in [0.717, 1.165) is 6.42 Å². The van der Waals surface area contributed by atoms with Crippen LogP contribution in [0.2, 0.25) is 0 Å².